The van der Waals surface area contributed by atoms with Gasteiger partial charge in [0.05, 0.1) is 22.7 Å². The maximum Gasteiger partial charge on any atom is 0.339 e. The summed E-state index contributed by atoms with van der Waals surface area (Å²) in [6.45, 7) is 0. The van der Waals surface area contributed by atoms with E-state index in [1.807, 2.05) is 0 Å². The van der Waals surface area contributed by atoms with Gasteiger partial charge in [-0.05, 0) is 24.3 Å². The minimum absolute atomic E-state index is 0.305. The third kappa shape index (κ3) is 3.36. The van der Waals surface area contributed by atoms with Crippen LogP contribution in [0.15, 0.2) is 40.4 Å². The van der Waals surface area contributed by atoms with E-state index in [2.05, 4.69) is 4.98 Å². The molecule has 0 saturated carbocycles. The van der Waals surface area contributed by atoms with E-state index in [1.165, 1.54) is 31.1 Å². The van der Waals surface area contributed by atoms with Gasteiger partial charge < -0.3 is 10.5 Å². The molecule has 0 bridgehead atoms. The number of anilines is 1. The van der Waals surface area contributed by atoms with E-state index >= 15 is 0 Å². The van der Waals surface area contributed by atoms with Crippen LogP contribution in [0.1, 0.15) is 10.4 Å². The Morgan fingerprint density at radius 2 is 2.10 bits per heavy atom. The monoisotopic (exact) mass is 328 g/mol. The lowest BCUT2D eigenvalue weighted by Gasteiger charge is -2.10. The molecule has 1 heterocycles. The molecule has 4 nitrogen and oxygen atoms in total. The van der Waals surface area contributed by atoms with Crippen molar-refractivity contribution in [2.45, 2.75) is 9.92 Å². The van der Waals surface area contributed by atoms with Crippen molar-refractivity contribution in [1.82, 2.24) is 4.98 Å². The van der Waals surface area contributed by atoms with Crippen LogP contribution in [0.2, 0.25) is 10.0 Å². The Hall–Kier alpha value is -1.43. The van der Waals surface area contributed by atoms with Gasteiger partial charge in [0.25, 0.3) is 0 Å². The van der Waals surface area contributed by atoms with Crippen LogP contribution in [-0.2, 0) is 4.74 Å². The molecule has 2 aromatic rings. The molecule has 0 atom stereocenters. The van der Waals surface area contributed by atoms with Gasteiger partial charge in [-0.1, -0.05) is 35.0 Å². The quantitative estimate of drug-likeness (QED) is 0.683. The summed E-state index contributed by atoms with van der Waals surface area (Å²) < 4.78 is 4.74. The number of pyridine rings is 1. The van der Waals surface area contributed by atoms with Gasteiger partial charge in [0.2, 0.25) is 0 Å². The molecule has 0 aliphatic heterocycles. The Balaban J connectivity index is 2.44. The van der Waals surface area contributed by atoms with Gasteiger partial charge in [0, 0.05) is 16.8 Å². The molecule has 1 aromatic carbocycles. The molecule has 0 amide bonds. The fourth-order valence-electron chi connectivity index (χ4n) is 1.51. The highest BCUT2D eigenvalue weighted by Crippen LogP contribution is 2.37. The minimum Gasteiger partial charge on any atom is -0.465 e. The van der Waals surface area contributed by atoms with E-state index < -0.39 is 5.97 Å². The van der Waals surface area contributed by atoms with Gasteiger partial charge in [-0.3, -0.25) is 0 Å². The number of ether oxygens (including phenoxy) is 1. The van der Waals surface area contributed by atoms with Crippen molar-refractivity contribution in [2.24, 2.45) is 0 Å². The number of nitrogen functional groups attached to an aromatic ring is 1. The van der Waals surface area contributed by atoms with Gasteiger partial charge in [0.15, 0.2) is 0 Å². The SMILES string of the molecule is COC(=O)c1cc(N)cc(Cl)c1Sc1ccc(Cl)cn1. The Labute approximate surface area is 130 Å². The van der Waals surface area contributed by atoms with Gasteiger partial charge in [-0.2, -0.15) is 0 Å². The van der Waals surface area contributed by atoms with E-state index in [1.54, 1.807) is 18.2 Å². The van der Waals surface area contributed by atoms with Crippen molar-refractivity contribution >= 4 is 46.6 Å². The third-order valence-corrected chi connectivity index (χ3v) is 4.11. The van der Waals surface area contributed by atoms with E-state index in [4.69, 9.17) is 33.7 Å². The largest absolute Gasteiger partial charge is 0.465 e. The molecule has 20 heavy (non-hydrogen) atoms. The first-order valence-electron chi connectivity index (χ1n) is 5.48. The van der Waals surface area contributed by atoms with Gasteiger partial charge in [-0.15, -0.1) is 0 Å². The van der Waals surface area contributed by atoms with Crippen molar-refractivity contribution in [1.29, 1.82) is 0 Å². The van der Waals surface area contributed by atoms with E-state index in [9.17, 15) is 4.79 Å². The van der Waals surface area contributed by atoms with E-state index in [0.717, 1.165) is 0 Å². The number of nitrogens with two attached hydrogens (primary N) is 1. The zero-order chi connectivity index (χ0) is 14.7. The summed E-state index contributed by atoms with van der Waals surface area (Å²) in [4.78, 5) is 16.5. The Kier molecular flexibility index (Phi) is 4.75. The summed E-state index contributed by atoms with van der Waals surface area (Å²) in [6.07, 6.45) is 1.52. The lowest BCUT2D eigenvalue weighted by atomic mass is 10.2. The first-order valence-corrected chi connectivity index (χ1v) is 7.05. The molecule has 0 aliphatic carbocycles. The van der Waals surface area contributed by atoms with Crippen LogP contribution in [0.4, 0.5) is 5.69 Å². The van der Waals surface area contributed by atoms with Crippen LogP contribution in [0.25, 0.3) is 0 Å². The maximum atomic E-state index is 11.8. The number of hydrogen-bond donors (Lipinski definition) is 1. The number of methoxy groups -OCH3 is 1. The number of hydrogen-bond acceptors (Lipinski definition) is 5. The average Bonchev–Trinajstić information content (AvgIpc) is 2.42. The lowest BCUT2D eigenvalue weighted by Crippen LogP contribution is -2.05. The second-order valence-electron chi connectivity index (χ2n) is 3.79. The van der Waals surface area contributed by atoms with Crippen LogP contribution >= 0.6 is 35.0 Å². The van der Waals surface area contributed by atoms with Gasteiger partial charge in [0.1, 0.15) is 5.03 Å². The topological polar surface area (TPSA) is 65.2 Å². The molecule has 0 aliphatic rings. The highest BCUT2D eigenvalue weighted by Gasteiger charge is 2.17. The van der Waals surface area contributed by atoms with Gasteiger partial charge >= 0.3 is 5.97 Å². The van der Waals surface area contributed by atoms with Crippen molar-refractivity contribution in [2.75, 3.05) is 12.8 Å². The standard InChI is InChI=1S/C13H10Cl2N2O2S/c1-19-13(18)9-4-8(16)5-10(15)12(9)20-11-3-2-7(14)6-17-11/h2-6H,16H2,1H3. The summed E-state index contributed by atoms with van der Waals surface area (Å²) >= 11 is 13.2. The number of rotatable bonds is 3. The van der Waals surface area contributed by atoms with Crippen molar-refractivity contribution < 1.29 is 9.53 Å². The Morgan fingerprint density at radius 3 is 2.70 bits per heavy atom. The fourth-order valence-corrected chi connectivity index (χ4v) is 2.82. The number of benzene rings is 1. The first-order chi connectivity index (χ1) is 9.51. The number of carbonyl (C=O) groups excluding carboxylic acids is 1. The first kappa shape index (κ1) is 15.0. The summed E-state index contributed by atoms with van der Waals surface area (Å²) in [5.41, 5.74) is 6.40. The van der Waals surface area contributed by atoms with E-state index in [0.29, 0.717) is 31.2 Å². The molecule has 1 aromatic heterocycles. The smallest absolute Gasteiger partial charge is 0.339 e. The maximum absolute atomic E-state index is 11.8. The molecular formula is C13H10Cl2N2O2S. The minimum atomic E-state index is -0.504. The number of halogens is 2. The highest BCUT2D eigenvalue weighted by atomic mass is 35.5. The zero-order valence-electron chi connectivity index (χ0n) is 10.4. The summed E-state index contributed by atoms with van der Waals surface area (Å²) in [6, 6.07) is 6.54. The average molecular weight is 329 g/mol. The third-order valence-electron chi connectivity index (χ3n) is 2.38. The normalized spacial score (nSPS) is 10.3. The Morgan fingerprint density at radius 1 is 1.35 bits per heavy atom. The molecule has 2 rings (SSSR count). The number of carbonyl (C=O) groups is 1. The summed E-state index contributed by atoms with van der Waals surface area (Å²) in [7, 11) is 1.30. The number of aromatic nitrogens is 1. The highest BCUT2D eigenvalue weighted by molar-refractivity contribution is 7.99. The summed E-state index contributed by atoms with van der Waals surface area (Å²) in [5, 5.41) is 1.56. The molecule has 0 unspecified atom stereocenters. The van der Waals surface area contributed by atoms with Crippen LogP contribution in [0.5, 0.6) is 0 Å². The second kappa shape index (κ2) is 6.35. The second-order valence-corrected chi connectivity index (χ2v) is 5.66. The number of esters is 1. The Bertz CT molecular complexity index is 648. The molecule has 0 radical (unpaired) electrons. The zero-order valence-corrected chi connectivity index (χ0v) is 12.7. The predicted molar refractivity (Wildman–Crippen MR) is 80.6 cm³/mol. The van der Waals surface area contributed by atoms with Crippen LogP contribution in [0, 0.1) is 0 Å². The molecule has 2 N–H and O–H groups in total. The number of nitrogens with zero attached hydrogens (tertiary/aromatic N) is 1. The van der Waals surface area contributed by atoms with E-state index in [-0.39, 0.29) is 0 Å². The molecule has 0 saturated heterocycles. The van der Waals surface area contributed by atoms with Crippen LogP contribution in [-0.4, -0.2) is 18.1 Å². The predicted octanol–water partition coefficient (Wildman–Crippen LogP) is 3.91. The molecule has 104 valence electrons. The van der Waals surface area contributed by atoms with Gasteiger partial charge in [-0.25, -0.2) is 9.78 Å². The van der Waals surface area contributed by atoms with Crippen LogP contribution in [0.3, 0.4) is 0 Å². The lowest BCUT2D eigenvalue weighted by molar-refractivity contribution is 0.0597. The van der Waals surface area contributed by atoms with Crippen molar-refractivity contribution in [3.05, 3.63) is 46.1 Å². The molecule has 0 spiro atoms. The van der Waals surface area contributed by atoms with Crippen LogP contribution < -0.4 is 5.73 Å². The molecule has 7 heteroatoms. The fraction of sp³-hybridized carbons (Fsp3) is 0.0769. The van der Waals surface area contributed by atoms with Crippen molar-refractivity contribution in [3.8, 4) is 0 Å². The summed E-state index contributed by atoms with van der Waals surface area (Å²) in [5.74, 6) is -0.504. The van der Waals surface area contributed by atoms with Crippen molar-refractivity contribution in [3.63, 3.8) is 0 Å². The molecule has 0 fully saturated rings. The molecular weight excluding hydrogens is 319 g/mol.